The molecule has 0 spiro atoms. The minimum atomic E-state index is -4.88. The molecule has 1 saturated heterocycles. The third-order valence-corrected chi connectivity index (χ3v) is 3.21. The van der Waals surface area contributed by atoms with E-state index in [0.717, 1.165) is 6.07 Å². The van der Waals surface area contributed by atoms with Crippen molar-refractivity contribution in [1.29, 1.82) is 0 Å². The molecule has 0 saturated carbocycles. The van der Waals surface area contributed by atoms with Gasteiger partial charge in [0, 0.05) is 0 Å². The SMILES string of the molecule is CC1(C)NC(=O)C(c2ccc(F)c(C(F)(F)F)c2)C1=O. The quantitative estimate of drug-likeness (QED) is 0.637. The van der Waals surface area contributed by atoms with Crippen molar-refractivity contribution < 1.29 is 27.2 Å². The highest BCUT2D eigenvalue weighted by Crippen LogP contribution is 2.35. The van der Waals surface area contributed by atoms with Gasteiger partial charge in [-0.3, -0.25) is 9.59 Å². The fourth-order valence-corrected chi connectivity index (χ4v) is 2.16. The normalized spacial score (nSPS) is 22.0. The van der Waals surface area contributed by atoms with Gasteiger partial charge in [0.15, 0.2) is 5.78 Å². The van der Waals surface area contributed by atoms with Gasteiger partial charge >= 0.3 is 6.18 Å². The third-order valence-electron chi connectivity index (χ3n) is 3.21. The first-order valence-electron chi connectivity index (χ1n) is 5.77. The number of nitrogens with one attached hydrogen (secondary N) is 1. The van der Waals surface area contributed by atoms with Gasteiger partial charge in [-0.15, -0.1) is 0 Å². The fraction of sp³-hybridized carbons (Fsp3) is 0.385. The summed E-state index contributed by atoms with van der Waals surface area (Å²) in [6.07, 6.45) is -4.88. The number of ketones is 1. The molecule has 0 aliphatic carbocycles. The number of carbonyl (C=O) groups excluding carboxylic acids is 2. The second-order valence-corrected chi connectivity index (χ2v) is 5.15. The van der Waals surface area contributed by atoms with Crippen molar-refractivity contribution >= 4 is 11.7 Å². The molecule has 3 nitrogen and oxygen atoms in total. The summed E-state index contributed by atoms with van der Waals surface area (Å²) in [7, 11) is 0. The van der Waals surface area contributed by atoms with Crippen molar-refractivity contribution in [3.63, 3.8) is 0 Å². The minimum absolute atomic E-state index is 0.160. The van der Waals surface area contributed by atoms with Crippen LogP contribution in [0, 0.1) is 5.82 Å². The van der Waals surface area contributed by atoms with Gasteiger partial charge in [-0.1, -0.05) is 6.07 Å². The number of carbonyl (C=O) groups is 2. The van der Waals surface area contributed by atoms with Gasteiger partial charge in [0.25, 0.3) is 0 Å². The predicted molar refractivity (Wildman–Crippen MR) is 61.4 cm³/mol. The molecule has 1 aliphatic heterocycles. The van der Waals surface area contributed by atoms with Gasteiger partial charge < -0.3 is 5.32 Å². The summed E-state index contributed by atoms with van der Waals surface area (Å²) < 4.78 is 51.1. The van der Waals surface area contributed by atoms with Crippen LogP contribution in [-0.4, -0.2) is 17.2 Å². The molecule has 1 aliphatic rings. The molecule has 1 N–H and O–H groups in total. The van der Waals surface area contributed by atoms with E-state index in [-0.39, 0.29) is 5.56 Å². The summed E-state index contributed by atoms with van der Waals surface area (Å²) in [6, 6.07) is 2.15. The van der Waals surface area contributed by atoms with Gasteiger partial charge in [-0.05, 0) is 31.5 Å². The number of alkyl halides is 3. The summed E-state index contributed by atoms with van der Waals surface area (Å²) >= 11 is 0. The van der Waals surface area contributed by atoms with Crippen LogP contribution in [0.1, 0.15) is 30.9 Å². The van der Waals surface area contributed by atoms with Crippen LogP contribution >= 0.6 is 0 Å². The lowest BCUT2D eigenvalue weighted by molar-refractivity contribution is -0.140. The predicted octanol–water partition coefficient (Wildman–Crippen LogP) is 2.41. The zero-order valence-corrected chi connectivity index (χ0v) is 10.6. The first kappa shape index (κ1) is 14.5. The Hall–Kier alpha value is -1.92. The topological polar surface area (TPSA) is 46.2 Å². The van der Waals surface area contributed by atoms with E-state index in [9.17, 15) is 27.2 Å². The summed E-state index contributed by atoms with van der Waals surface area (Å²) in [5, 5.41) is 2.40. The Bertz CT molecular complexity index is 593. The lowest BCUT2D eigenvalue weighted by atomic mass is 9.88. The van der Waals surface area contributed by atoms with Gasteiger partial charge in [-0.2, -0.15) is 13.2 Å². The molecule has 1 aromatic carbocycles. The molecular weight excluding hydrogens is 278 g/mol. The number of rotatable bonds is 1. The number of benzene rings is 1. The van der Waals surface area contributed by atoms with Crippen molar-refractivity contribution in [1.82, 2.24) is 5.32 Å². The number of hydrogen-bond donors (Lipinski definition) is 1. The van der Waals surface area contributed by atoms with E-state index in [4.69, 9.17) is 0 Å². The maximum absolute atomic E-state index is 13.2. The molecule has 7 heteroatoms. The van der Waals surface area contributed by atoms with E-state index < -0.39 is 40.7 Å². The van der Waals surface area contributed by atoms with E-state index in [1.54, 1.807) is 0 Å². The molecule has 108 valence electrons. The lowest BCUT2D eigenvalue weighted by Crippen LogP contribution is -2.39. The van der Waals surface area contributed by atoms with Crippen LogP contribution in [-0.2, 0) is 15.8 Å². The van der Waals surface area contributed by atoms with Crippen molar-refractivity contribution in [2.45, 2.75) is 31.5 Å². The minimum Gasteiger partial charge on any atom is -0.343 e. The molecule has 0 bridgehead atoms. The Labute approximate surface area is 112 Å². The largest absolute Gasteiger partial charge is 0.419 e. The summed E-state index contributed by atoms with van der Waals surface area (Å²) in [4.78, 5) is 23.8. The maximum atomic E-state index is 13.2. The number of amides is 1. The zero-order valence-electron chi connectivity index (χ0n) is 10.6. The van der Waals surface area contributed by atoms with Crippen LogP contribution in [0.3, 0.4) is 0 Å². The van der Waals surface area contributed by atoms with Crippen LogP contribution in [0.4, 0.5) is 17.6 Å². The molecule has 1 atom stereocenters. The van der Waals surface area contributed by atoms with Crippen LogP contribution in [0.15, 0.2) is 18.2 Å². The van der Waals surface area contributed by atoms with Gasteiger partial charge in [0.1, 0.15) is 11.7 Å². The average Bonchev–Trinajstić information content (AvgIpc) is 2.48. The summed E-state index contributed by atoms with van der Waals surface area (Å²) in [5.74, 6) is -4.00. The fourth-order valence-electron chi connectivity index (χ4n) is 2.16. The molecule has 1 heterocycles. The van der Waals surface area contributed by atoms with E-state index in [0.29, 0.717) is 12.1 Å². The molecule has 1 aromatic rings. The highest BCUT2D eigenvalue weighted by molar-refractivity contribution is 6.16. The number of hydrogen-bond acceptors (Lipinski definition) is 2. The summed E-state index contributed by atoms with van der Waals surface area (Å²) in [5.41, 5.74) is -2.79. The Morgan fingerprint density at radius 2 is 1.80 bits per heavy atom. The Balaban J connectivity index is 2.50. The van der Waals surface area contributed by atoms with Gasteiger partial charge in [0.2, 0.25) is 5.91 Å². The Kier molecular flexibility index (Phi) is 3.11. The highest BCUT2D eigenvalue weighted by atomic mass is 19.4. The van der Waals surface area contributed by atoms with Crippen molar-refractivity contribution in [3.8, 4) is 0 Å². The maximum Gasteiger partial charge on any atom is 0.419 e. The van der Waals surface area contributed by atoms with E-state index in [1.165, 1.54) is 13.8 Å². The van der Waals surface area contributed by atoms with Crippen LogP contribution in [0.25, 0.3) is 0 Å². The first-order chi connectivity index (χ1) is 9.04. The standard InChI is InChI=1S/C13H11F4NO2/c1-12(2)10(19)9(11(20)18-12)6-3-4-8(14)7(5-6)13(15,16)17/h3-5,9H,1-2H3,(H,18,20). The zero-order chi connectivity index (χ0) is 15.3. The molecule has 0 aromatic heterocycles. The van der Waals surface area contributed by atoms with Crippen LogP contribution in [0.2, 0.25) is 0 Å². The van der Waals surface area contributed by atoms with Crippen LogP contribution < -0.4 is 5.32 Å². The van der Waals surface area contributed by atoms with Gasteiger partial charge in [-0.25, -0.2) is 4.39 Å². The van der Waals surface area contributed by atoms with Crippen LogP contribution in [0.5, 0.6) is 0 Å². The van der Waals surface area contributed by atoms with Gasteiger partial charge in [0.05, 0.1) is 11.1 Å². The number of halogens is 4. The van der Waals surface area contributed by atoms with E-state index in [1.807, 2.05) is 0 Å². The van der Waals surface area contributed by atoms with E-state index in [2.05, 4.69) is 5.32 Å². The third kappa shape index (κ3) is 2.28. The molecule has 1 unspecified atom stereocenters. The van der Waals surface area contributed by atoms with Crippen molar-refractivity contribution in [3.05, 3.63) is 35.1 Å². The lowest BCUT2D eigenvalue weighted by Gasteiger charge is -2.15. The Morgan fingerprint density at radius 3 is 2.25 bits per heavy atom. The summed E-state index contributed by atoms with van der Waals surface area (Å²) in [6.45, 7) is 2.92. The van der Waals surface area contributed by atoms with Crippen molar-refractivity contribution in [2.75, 3.05) is 0 Å². The molecular formula is C13H11F4NO2. The monoisotopic (exact) mass is 289 g/mol. The second kappa shape index (κ2) is 4.29. The van der Waals surface area contributed by atoms with Crippen molar-refractivity contribution in [2.24, 2.45) is 0 Å². The first-order valence-corrected chi connectivity index (χ1v) is 5.77. The average molecular weight is 289 g/mol. The molecule has 0 radical (unpaired) electrons. The smallest absolute Gasteiger partial charge is 0.343 e. The second-order valence-electron chi connectivity index (χ2n) is 5.15. The highest BCUT2D eigenvalue weighted by Gasteiger charge is 2.47. The molecule has 1 fully saturated rings. The molecule has 1 amide bonds. The number of Topliss-reactive ketones (excluding diaryl/α,β-unsaturated/α-hetero) is 1. The Morgan fingerprint density at radius 1 is 1.20 bits per heavy atom. The van der Waals surface area contributed by atoms with E-state index >= 15 is 0 Å². The molecule has 20 heavy (non-hydrogen) atoms. The molecule has 2 rings (SSSR count).